The molecule has 116 valence electrons. The Morgan fingerprint density at radius 2 is 1.90 bits per heavy atom. The Hall–Kier alpha value is -1.27. The highest BCUT2D eigenvalue weighted by atomic mass is 79.9. The van der Waals surface area contributed by atoms with E-state index in [1.54, 1.807) is 19.2 Å². The largest absolute Gasteiger partial charge is 0.497 e. The molecule has 1 aliphatic carbocycles. The van der Waals surface area contributed by atoms with Crippen LogP contribution in [0.25, 0.3) is 0 Å². The van der Waals surface area contributed by atoms with Gasteiger partial charge in [-0.1, -0.05) is 0 Å². The first-order valence-electron chi connectivity index (χ1n) is 6.95. The maximum Gasteiger partial charge on any atom is 0.255 e. The number of halogens is 1. The second-order valence-electron chi connectivity index (χ2n) is 5.17. The van der Waals surface area contributed by atoms with Gasteiger partial charge in [0, 0.05) is 6.04 Å². The SMILES string of the molecule is COc1cc(Br)c(OC)c(C(=O)NC2CCC(O)CC2)c1. The van der Waals surface area contributed by atoms with Crippen molar-refractivity contribution < 1.29 is 19.4 Å². The molecule has 1 fully saturated rings. The fourth-order valence-electron chi connectivity index (χ4n) is 2.55. The van der Waals surface area contributed by atoms with E-state index in [4.69, 9.17) is 9.47 Å². The number of hydrogen-bond acceptors (Lipinski definition) is 4. The number of nitrogens with one attached hydrogen (secondary N) is 1. The molecule has 2 N–H and O–H groups in total. The Balaban J connectivity index is 2.16. The van der Waals surface area contributed by atoms with E-state index in [0.717, 1.165) is 25.7 Å². The van der Waals surface area contributed by atoms with Crippen LogP contribution in [-0.2, 0) is 0 Å². The predicted octanol–water partition coefficient (Wildman–Crippen LogP) is 2.50. The fourth-order valence-corrected chi connectivity index (χ4v) is 3.15. The van der Waals surface area contributed by atoms with Gasteiger partial charge in [0.15, 0.2) is 0 Å². The van der Waals surface area contributed by atoms with E-state index in [1.165, 1.54) is 7.11 Å². The summed E-state index contributed by atoms with van der Waals surface area (Å²) in [5, 5.41) is 12.5. The minimum Gasteiger partial charge on any atom is -0.497 e. The highest BCUT2D eigenvalue weighted by Crippen LogP contribution is 2.33. The van der Waals surface area contributed by atoms with E-state index < -0.39 is 0 Å². The highest BCUT2D eigenvalue weighted by molar-refractivity contribution is 9.10. The molecule has 0 unspecified atom stereocenters. The number of ether oxygens (including phenoxy) is 2. The van der Waals surface area contributed by atoms with Gasteiger partial charge in [-0.2, -0.15) is 0 Å². The highest BCUT2D eigenvalue weighted by Gasteiger charge is 2.23. The second-order valence-corrected chi connectivity index (χ2v) is 6.02. The summed E-state index contributed by atoms with van der Waals surface area (Å²) in [7, 11) is 3.08. The predicted molar refractivity (Wildman–Crippen MR) is 83.0 cm³/mol. The molecule has 21 heavy (non-hydrogen) atoms. The topological polar surface area (TPSA) is 67.8 Å². The zero-order chi connectivity index (χ0) is 15.4. The molecular formula is C15H20BrNO4. The van der Waals surface area contributed by atoms with Gasteiger partial charge in [0.25, 0.3) is 5.91 Å². The standard InChI is InChI=1S/C15H20BrNO4/c1-20-11-7-12(14(21-2)13(16)8-11)15(19)17-9-3-5-10(18)6-4-9/h7-10,18H,3-6H2,1-2H3,(H,17,19). The Labute approximate surface area is 132 Å². The fraction of sp³-hybridized carbons (Fsp3) is 0.533. The van der Waals surface area contributed by atoms with Crippen LogP contribution < -0.4 is 14.8 Å². The molecule has 0 aromatic heterocycles. The molecule has 0 aliphatic heterocycles. The van der Waals surface area contributed by atoms with Crippen molar-refractivity contribution >= 4 is 21.8 Å². The summed E-state index contributed by atoms with van der Waals surface area (Å²) >= 11 is 3.38. The average molecular weight is 358 g/mol. The normalized spacial score (nSPS) is 21.7. The van der Waals surface area contributed by atoms with E-state index in [1.807, 2.05) is 0 Å². The number of benzene rings is 1. The molecule has 0 spiro atoms. The lowest BCUT2D eigenvalue weighted by Crippen LogP contribution is -2.38. The summed E-state index contributed by atoms with van der Waals surface area (Å²) in [6.45, 7) is 0. The number of hydrogen-bond donors (Lipinski definition) is 2. The van der Waals surface area contributed by atoms with Gasteiger partial charge in [0.2, 0.25) is 0 Å². The molecule has 1 saturated carbocycles. The minimum atomic E-state index is -0.237. The Morgan fingerprint density at radius 1 is 1.24 bits per heavy atom. The first kappa shape index (κ1) is 16.1. The van der Waals surface area contributed by atoms with Crippen molar-refractivity contribution in [3.63, 3.8) is 0 Å². The molecule has 6 heteroatoms. The van der Waals surface area contributed by atoms with Gasteiger partial charge in [-0.15, -0.1) is 0 Å². The van der Waals surface area contributed by atoms with Crippen molar-refractivity contribution in [2.24, 2.45) is 0 Å². The molecule has 2 rings (SSSR count). The summed E-state index contributed by atoms with van der Waals surface area (Å²) in [4.78, 5) is 12.5. The maximum absolute atomic E-state index is 12.5. The summed E-state index contributed by atoms with van der Waals surface area (Å²) in [5.74, 6) is 0.892. The monoisotopic (exact) mass is 357 g/mol. The molecule has 0 heterocycles. The molecule has 0 atom stereocenters. The molecule has 1 amide bonds. The van der Waals surface area contributed by atoms with Crippen molar-refractivity contribution in [3.8, 4) is 11.5 Å². The van der Waals surface area contributed by atoms with E-state index in [9.17, 15) is 9.90 Å². The van der Waals surface area contributed by atoms with Crippen LogP contribution in [0.5, 0.6) is 11.5 Å². The van der Waals surface area contributed by atoms with Crippen LogP contribution in [0.4, 0.5) is 0 Å². The Bertz CT molecular complexity index is 513. The molecule has 0 saturated heterocycles. The van der Waals surface area contributed by atoms with Gasteiger partial charge < -0.3 is 19.9 Å². The minimum absolute atomic E-state index is 0.0931. The van der Waals surface area contributed by atoms with Crippen molar-refractivity contribution in [2.45, 2.75) is 37.8 Å². The van der Waals surface area contributed by atoms with E-state index in [-0.39, 0.29) is 18.1 Å². The smallest absolute Gasteiger partial charge is 0.255 e. The summed E-state index contributed by atoms with van der Waals surface area (Å²) < 4.78 is 11.2. The molecule has 1 aliphatic rings. The van der Waals surface area contributed by atoms with Crippen LogP contribution in [0.2, 0.25) is 0 Å². The van der Waals surface area contributed by atoms with Crippen LogP contribution in [0, 0.1) is 0 Å². The summed E-state index contributed by atoms with van der Waals surface area (Å²) in [5.41, 5.74) is 0.440. The lowest BCUT2D eigenvalue weighted by molar-refractivity contribution is 0.0864. The average Bonchev–Trinajstić information content (AvgIpc) is 2.48. The van der Waals surface area contributed by atoms with Gasteiger partial charge in [-0.05, 0) is 53.7 Å². The number of carbonyl (C=O) groups is 1. The van der Waals surface area contributed by atoms with Gasteiger partial charge in [0.05, 0.1) is 30.4 Å². The van der Waals surface area contributed by atoms with Crippen LogP contribution in [0.1, 0.15) is 36.0 Å². The van der Waals surface area contributed by atoms with E-state index in [0.29, 0.717) is 21.5 Å². The Kier molecular flexibility index (Phi) is 5.47. The Morgan fingerprint density at radius 3 is 2.48 bits per heavy atom. The lowest BCUT2D eigenvalue weighted by atomic mass is 9.93. The van der Waals surface area contributed by atoms with Crippen molar-refractivity contribution in [1.82, 2.24) is 5.32 Å². The van der Waals surface area contributed by atoms with Gasteiger partial charge in [-0.25, -0.2) is 0 Å². The van der Waals surface area contributed by atoms with Crippen molar-refractivity contribution in [3.05, 3.63) is 22.2 Å². The van der Waals surface area contributed by atoms with E-state index in [2.05, 4.69) is 21.2 Å². The lowest BCUT2D eigenvalue weighted by Gasteiger charge is -2.26. The third kappa shape index (κ3) is 3.89. The first-order valence-corrected chi connectivity index (χ1v) is 7.75. The van der Waals surface area contributed by atoms with Crippen molar-refractivity contribution in [2.75, 3.05) is 14.2 Å². The first-order chi connectivity index (χ1) is 10.0. The third-order valence-corrected chi connectivity index (χ3v) is 4.32. The number of carbonyl (C=O) groups excluding carboxylic acids is 1. The zero-order valence-electron chi connectivity index (χ0n) is 12.2. The molecule has 0 radical (unpaired) electrons. The zero-order valence-corrected chi connectivity index (χ0v) is 13.8. The van der Waals surface area contributed by atoms with Gasteiger partial charge in [0.1, 0.15) is 11.5 Å². The van der Waals surface area contributed by atoms with Crippen LogP contribution in [0.15, 0.2) is 16.6 Å². The summed E-state index contributed by atoms with van der Waals surface area (Å²) in [6.07, 6.45) is 2.80. The molecule has 1 aromatic rings. The number of aliphatic hydroxyl groups excluding tert-OH is 1. The number of amides is 1. The maximum atomic E-state index is 12.5. The van der Waals surface area contributed by atoms with Crippen LogP contribution in [-0.4, -0.2) is 37.4 Å². The van der Waals surface area contributed by atoms with Crippen molar-refractivity contribution in [1.29, 1.82) is 0 Å². The number of aliphatic hydroxyl groups is 1. The van der Waals surface area contributed by atoms with Crippen LogP contribution >= 0.6 is 15.9 Å². The second kappa shape index (κ2) is 7.13. The molecule has 5 nitrogen and oxygen atoms in total. The van der Waals surface area contributed by atoms with Crippen LogP contribution in [0.3, 0.4) is 0 Å². The van der Waals surface area contributed by atoms with Gasteiger partial charge in [-0.3, -0.25) is 4.79 Å². The molecule has 0 bridgehead atoms. The summed E-state index contributed by atoms with van der Waals surface area (Å²) in [6, 6.07) is 3.51. The number of rotatable bonds is 4. The molecule has 1 aromatic carbocycles. The number of methoxy groups -OCH3 is 2. The van der Waals surface area contributed by atoms with Gasteiger partial charge >= 0.3 is 0 Å². The van der Waals surface area contributed by atoms with E-state index >= 15 is 0 Å². The third-order valence-electron chi connectivity index (χ3n) is 3.73. The quantitative estimate of drug-likeness (QED) is 0.868. The molecular weight excluding hydrogens is 338 g/mol.